The number of anilines is 1. The van der Waals surface area contributed by atoms with Crippen molar-refractivity contribution in [3.63, 3.8) is 0 Å². The lowest BCUT2D eigenvalue weighted by Gasteiger charge is -2.17. The first-order valence-electron chi connectivity index (χ1n) is 5.37. The maximum atomic E-state index is 12.2. The van der Waals surface area contributed by atoms with Crippen LogP contribution in [0.15, 0.2) is 23.2 Å². The second kappa shape index (κ2) is 5.74. The molecule has 0 spiro atoms. The van der Waals surface area contributed by atoms with Crippen molar-refractivity contribution in [1.29, 1.82) is 0 Å². The molecule has 0 fully saturated rings. The minimum Gasteiger partial charge on any atom is -0.372 e. The highest BCUT2D eigenvalue weighted by molar-refractivity contribution is 7.89. The summed E-state index contributed by atoms with van der Waals surface area (Å²) in [5, 5.41) is 2.57. The average molecular weight is 297 g/mol. The normalized spacial score (nSPS) is 14.2. The van der Waals surface area contributed by atoms with Gasteiger partial charge in [-0.3, -0.25) is 0 Å². The van der Waals surface area contributed by atoms with E-state index < -0.39 is 28.7 Å². The summed E-state index contributed by atoms with van der Waals surface area (Å²) in [5.41, 5.74) is 0. The van der Waals surface area contributed by atoms with E-state index in [-0.39, 0.29) is 10.7 Å². The zero-order valence-corrected chi connectivity index (χ0v) is 11.1. The minimum atomic E-state index is -4.43. The van der Waals surface area contributed by atoms with E-state index in [1.54, 1.807) is 0 Å². The number of rotatable bonds is 5. The van der Waals surface area contributed by atoms with Crippen molar-refractivity contribution in [3.05, 3.63) is 18.3 Å². The first kappa shape index (κ1) is 15.7. The second-order valence-corrected chi connectivity index (χ2v) is 5.62. The van der Waals surface area contributed by atoms with Crippen LogP contribution in [0.3, 0.4) is 0 Å². The Balaban J connectivity index is 2.93. The van der Waals surface area contributed by atoms with Gasteiger partial charge < -0.3 is 5.32 Å². The third kappa shape index (κ3) is 4.67. The highest BCUT2D eigenvalue weighted by Gasteiger charge is 2.32. The van der Waals surface area contributed by atoms with Crippen LogP contribution in [0.5, 0.6) is 0 Å². The quantitative estimate of drug-likeness (QED) is 0.868. The van der Waals surface area contributed by atoms with Gasteiger partial charge in [0.1, 0.15) is 10.7 Å². The predicted octanol–water partition coefficient (Wildman–Crippen LogP) is 1.74. The molecule has 1 heterocycles. The summed E-state index contributed by atoms with van der Waals surface area (Å²) in [6.45, 7) is 1.15. The summed E-state index contributed by atoms with van der Waals surface area (Å²) in [5.74, 6) is 0.0780. The van der Waals surface area contributed by atoms with E-state index in [4.69, 9.17) is 0 Å². The minimum absolute atomic E-state index is 0.0780. The molecule has 1 unspecified atom stereocenters. The van der Waals surface area contributed by atoms with Crippen LogP contribution >= 0.6 is 0 Å². The number of alkyl halides is 3. The van der Waals surface area contributed by atoms with Crippen molar-refractivity contribution >= 4 is 15.8 Å². The lowest BCUT2D eigenvalue weighted by molar-refractivity contribution is -0.137. The number of nitrogens with one attached hydrogen (secondary N) is 2. The van der Waals surface area contributed by atoms with Gasteiger partial charge in [-0.25, -0.2) is 18.1 Å². The van der Waals surface area contributed by atoms with Crippen LogP contribution in [0.1, 0.15) is 13.3 Å². The largest absolute Gasteiger partial charge is 0.390 e. The molecule has 19 heavy (non-hydrogen) atoms. The van der Waals surface area contributed by atoms with Gasteiger partial charge in [0.25, 0.3) is 0 Å². The molecule has 0 aliphatic heterocycles. The molecule has 1 aromatic heterocycles. The van der Waals surface area contributed by atoms with Gasteiger partial charge in [-0.05, 0) is 19.1 Å². The summed E-state index contributed by atoms with van der Waals surface area (Å²) < 4.78 is 62.4. The van der Waals surface area contributed by atoms with Crippen LogP contribution < -0.4 is 10.0 Å². The number of hydrogen-bond acceptors (Lipinski definition) is 4. The van der Waals surface area contributed by atoms with E-state index in [0.717, 1.165) is 6.92 Å². The Hall–Kier alpha value is -1.35. The number of aromatic nitrogens is 1. The molecule has 1 rings (SSSR count). The van der Waals surface area contributed by atoms with Gasteiger partial charge in [0.05, 0.1) is 6.42 Å². The van der Waals surface area contributed by atoms with Gasteiger partial charge in [0, 0.05) is 19.3 Å². The van der Waals surface area contributed by atoms with Gasteiger partial charge >= 0.3 is 6.18 Å². The fourth-order valence-corrected chi connectivity index (χ4v) is 2.92. The first-order valence-corrected chi connectivity index (χ1v) is 6.86. The predicted molar refractivity (Wildman–Crippen MR) is 64.2 cm³/mol. The average Bonchev–Trinajstić information content (AvgIpc) is 2.25. The fourth-order valence-electron chi connectivity index (χ4n) is 1.51. The summed E-state index contributed by atoms with van der Waals surface area (Å²) >= 11 is 0. The second-order valence-electron chi connectivity index (χ2n) is 3.94. The molecule has 9 heteroatoms. The van der Waals surface area contributed by atoms with Crippen molar-refractivity contribution in [3.8, 4) is 0 Å². The highest BCUT2D eigenvalue weighted by atomic mass is 32.2. The van der Waals surface area contributed by atoms with Crippen molar-refractivity contribution < 1.29 is 21.6 Å². The van der Waals surface area contributed by atoms with Crippen molar-refractivity contribution in [2.24, 2.45) is 0 Å². The third-order valence-corrected chi connectivity index (χ3v) is 3.81. The van der Waals surface area contributed by atoms with E-state index >= 15 is 0 Å². The van der Waals surface area contributed by atoms with Crippen LogP contribution in [0.4, 0.5) is 19.0 Å². The molecule has 0 amide bonds. The molecule has 0 aliphatic carbocycles. The lowest BCUT2D eigenvalue weighted by Crippen LogP contribution is -2.36. The van der Waals surface area contributed by atoms with Crippen LogP contribution in [0.2, 0.25) is 0 Å². The Morgan fingerprint density at radius 3 is 2.58 bits per heavy atom. The standard InChI is InChI=1S/C10H14F3N3O2S/c1-7(6-10(11,12)13)16-19(17,18)8-4-3-5-15-9(8)14-2/h3-5,7,16H,6H2,1-2H3,(H,14,15). The molecule has 0 aliphatic rings. The Morgan fingerprint density at radius 1 is 1.42 bits per heavy atom. The van der Waals surface area contributed by atoms with Crippen molar-refractivity contribution in [2.45, 2.75) is 30.5 Å². The first-order chi connectivity index (χ1) is 8.65. The molecular weight excluding hydrogens is 283 g/mol. The number of pyridine rings is 1. The molecule has 0 saturated carbocycles. The van der Waals surface area contributed by atoms with Crippen molar-refractivity contribution in [1.82, 2.24) is 9.71 Å². The smallest absolute Gasteiger partial charge is 0.372 e. The van der Waals surface area contributed by atoms with Crippen LogP contribution in [-0.2, 0) is 10.0 Å². The maximum absolute atomic E-state index is 12.2. The van der Waals surface area contributed by atoms with Gasteiger partial charge in [-0.1, -0.05) is 0 Å². The number of hydrogen-bond donors (Lipinski definition) is 2. The summed E-state index contributed by atoms with van der Waals surface area (Å²) in [7, 11) is -2.58. The molecule has 0 bridgehead atoms. The zero-order valence-electron chi connectivity index (χ0n) is 10.3. The molecule has 5 nitrogen and oxygen atoms in total. The molecule has 1 atom stereocenters. The van der Waals surface area contributed by atoms with Crippen LogP contribution in [-0.4, -0.2) is 32.7 Å². The van der Waals surface area contributed by atoms with Gasteiger partial charge in [0.2, 0.25) is 10.0 Å². The van der Waals surface area contributed by atoms with E-state index in [9.17, 15) is 21.6 Å². The van der Waals surface area contributed by atoms with Crippen LogP contribution in [0, 0.1) is 0 Å². The maximum Gasteiger partial charge on any atom is 0.390 e. The fraction of sp³-hybridized carbons (Fsp3) is 0.500. The molecule has 108 valence electrons. The Kier molecular flexibility index (Phi) is 4.75. The van der Waals surface area contributed by atoms with Crippen LogP contribution in [0.25, 0.3) is 0 Å². The summed E-state index contributed by atoms with van der Waals surface area (Å²) in [6, 6.07) is 1.40. The molecule has 0 aromatic carbocycles. The number of sulfonamides is 1. The zero-order chi connectivity index (χ0) is 14.7. The van der Waals surface area contributed by atoms with Crippen molar-refractivity contribution in [2.75, 3.05) is 12.4 Å². The molecular formula is C10H14F3N3O2S. The number of nitrogens with zero attached hydrogens (tertiary/aromatic N) is 1. The number of halogens is 3. The summed E-state index contributed by atoms with van der Waals surface area (Å²) in [4.78, 5) is 3.60. The Bertz CT molecular complexity index is 531. The third-order valence-electron chi connectivity index (χ3n) is 2.19. The van der Waals surface area contributed by atoms with E-state index in [1.807, 2.05) is 4.72 Å². The van der Waals surface area contributed by atoms with Gasteiger partial charge in [0.15, 0.2) is 0 Å². The topological polar surface area (TPSA) is 71.1 Å². The Labute approximate surface area is 109 Å². The lowest BCUT2D eigenvalue weighted by atomic mass is 10.2. The van der Waals surface area contributed by atoms with E-state index in [2.05, 4.69) is 10.3 Å². The van der Waals surface area contributed by atoms with Gasteiger partial charge in [-0.2, -0.15) is 13.2 Å². The summed E-state index contributed by atoms with van der Waals surface area (Å²) in [6.07, 6.45) is -4.28. The molecule has 0 radical (unpaired) electrons. The monoisotopic (exact) mass is 297 g/mol. The van der Waals surface area contributed by atoms with E-state index in [0.29, 0.717) is 0 Å². The molecule has 1 aromatic rings. The Morgan fingerprint density at radius 2 is 2.05 bits per heavy atom. The molecule has 0 saturated heterocycles. The highest BCUT2D eigenvalue weighted by Crippen LogP contribution is 2.23. The van der Waals surface area contributed by atoms with E-state index in [1.165, 1.54) is 25.4 Å². The molecule has 2 N–H and O–H groups in total. The van der Waals surface area contributed by atoms with Gasteiger partial charge in [-0.15, -0.1) is 0 Å². The SMILES string of the molecule is CNc1ncccc1S(=O)(=O)NC(C)CC(F)(F)F.